The summed E-state index contributed by atoms with van der Waals surface area (Å²) in [6.07, 6.45) is 6.68. The molecular weight excluding hydrogens is 326 g/mol. The van der Waals surface area contributed by atoms with Gasteiger partial charge in [-0.25, -0.2) is 8.42 Å². The van der Waals surface area contributed by atoms with Crippen molar-refractivity contribution in [2.75, 3.05) is 11.3 Å². The zero-order valence-electron chi connectivity index (χ0n) is 14.0. The minimum absolute atomic E-state index is 0.155. The normalized spacial score (nSPS) is 18.5. The number of ether oxygens (including phenoxy) is 1. The lowest BCUT2D eigenvalue weighted by atomic mass is 10.1. The first-order valence-corrected chi connectivity index (χ1v) is 9.66. The standard InChI is InChI=1S/C17H23N3O3S/c1-13-6-7-17(14(2)9-13)24(21,22)19-15-10-18-20(11-15)12-16-5-3-4-8-23-16/h6-7,9-11,16,19H,3-5,8,12H2,1-2H3/t16-/m1/s1. The molecule has 0 bridgehead atoms. The molecule has 1 N–H and O–H groups in total. The summed E-state index contributed by atoms with van der Waals surface area (Å²) in [5.41, 5.74) is 2.23. The monoisotopic (exact) mass is 349 g/mol. The first-order chi connectivity index (χ1) is 11.4. The van der Waals surface area contributed by atoms with Crippen molar-refractivity contribution < 1.29 is 13.2 Å². The van der Waals surface area contributed by atoms with Crippen LogP contribution in [0.4, 0.5) is 5.69 Å². The van der Waals surface area contributed by atoms with Crippen LogP contribution in [-0.4, -0.2) is 30.9 Å². The predicted molar refractivity (Wildman–Crippen MR) is 92.5 cm³/mol. The first-order valence-electron chi connectivity index (χ1n) is 8.18. The summed E-state index contributed by atoms with van der Waals surface area (Å²) < 4.78 is 35.1. The van der Waals surface area contributed by atoms with Crippen molar-refractivity contribution in [1.82, 2.24) is 9.78 Å². The molecule has 1 aromatic carbocycles. The van der Waals surface area contributed by atoms with Crippen LogP contribution in [0.25, 0.3) is 0 Å². The molecule has 3 rings (SSSR count). The van der Waals surface area contributed by atoms with Gasteiger partial charge in [-0.05, 0) is 44.7 Å². The molecule has 0 amide bonds. The quantitative estimate of drug-likeness (QED) is 0.901. The van der Waals surface area contributed by atoms with Gasteiger partial charge >= 0.3 is 0 Å². The Kier molecular flexibility index (Phi) is 4.91. The van der Waals surface area contributed by atoms with Crippen LogP contribution in [0, 0.1) is 13.8 Å². The Hall–Kier alpha value is -1.86. The summed E-state index contributed by atoms with van der Waals surface area (Å²) in [6, 6.07) is 5.29. The summed E-state index contributed by atoms with van der Waals surface area (Å²) in [7, 11) is -3.62. The SMILES string of the molecule is Cc1ccc(S(=O)(=O)Nc2cnn(C[C@H]3CCCCO3)c2)c(C)c1. The predicted octanol–water partition coefficient (Wildman–Crippen LogP) is 2.87. The van der Waals surface area contributed by atoms with Crippen molar-refractivity contribution >= 4 is 15.7 Å². The van der Waals surface area contributed by atoms with Gasteiger partial charge in [0.05, 0.1) is 29.4 Å². The number of hydrogen-bond donors (Lipinski definition) is 1. The zero-order chi connectivity index (χ0) is 17.2. The highest BCUT2D eigenvalue weighted by Gasteiger charge is 2.19. The van der Waals surface area contributed by atoms with Crippen LogP contribution in [-0.2, 0) is 21.3 Å². The fraction of sp³-hybridized carbons (Fsp3) is 0.471. The van der Waals surface area contributed by atoms with Gasteiger partial charge < -0.3 is 4.74 Å². The number of benzene rings is 1. The molecule has 1 aliphatic rings. The van der Waals surface area contributed by atoms with E-state index in [-0.39, 0.29) is 11.0 Å². The number of nitrogens with one attached hydrogen (secondary N) is 1. The molecule has 1 fully saturated rings. The number of nitrogens with zero attached hydrogens (tertiary/aromatic N) is 2. The van der Waals surface area contributed by atoms with Gasteiger partial charge in [-0.2, -0.15) is 5.10 Å². The number of aromatic nitrogens is 2. The van der Waals surface area contributed by atoms with Crippen LogP contribution >= 0.6 is 0 Å². The third-order valence-corrected chi connectivity index (χ3v) is 5.71. The summed E-state index contributed by atoms with van der Waals surface area (Å²) in [6.45, 7) is 5.17. The average molecular weight is 349 g/mol. The van der Waals surface area contributed by atoms with E-state index in [9.17, 15) is 8.42 Å². The number of hydrogen-bond acceptors (Lipinski definition) is 4. The van der Waals surface area contributed by atoms with Gasteiger partial charge in [-0.3, -0.25) is 9.40 Å². The number of aryl methyl sites for hydroxylation is 2. The molecule has 1 saturated heterocycles. The van der Waals surface area contributed by atoms with Gasteiger partial charge in [-0.1, -0.05) is 17.7 Å². The van der Waals surface area contributed by atoms with Crippen molar-refractivity contribution in [3.8, 4) is 0 Å². The smallest absolute Gasteiger partial charge is 0.262 e. The minimum atomic E-state index is -3.62. The van der Waals surface area contributed by atoms with E-state index in [1.54, 1.807) is 29.9 Å². The fourth-order valence-corrected chi connectivity index (χ4v) is 4.24. The van der Waals surface area contributed by atoms with Crippen molar-refractivity contribution in [3.05, 3.63) is 41.7 Å². The second kappa shape index (κ2) is 6.94. The maximum absolute atomic E-state index is 12.6. The molecule has 0 radical (unpaired) electrons. The Balaban J connectivity index is 1.71. The van der Waals surface area contributed by atoms with Crippen LogP contribution in [0.3, 0.4) is 0 Å². The molecule has 7 heteroatoms. The third kappa shape index (κ3) is 3.96. The van der Waals surface area contributed by atoms with Crippen LogP contribution in [0.5, 0.6) is 0 Å². The maximum Gasteiger partial charge on any atom is 0.262 e. The largest absolute Gasteiger partial charge is 0.376 e. The molecule has 1 aliphatic heterocycles. The minimum Gasteiger partial charge on any atom is -0.376 e. The number of anilines is 1. The van der Waals surface area contributed by atoms with Crippen molar-refractivity contribution in [2.24, 2.45) is 0 Å². The van der Waals surface area contributed by atoms with Crippen LogP contribution in [0.1, 0.15) is 30.4 Å². The summed E-state index contributed by atoms with van der Waals surface area (Å²) in [4.78, 5) is 0.288. The molecular formula is C17H23N3O3S. The molecule has 0 unspecified atom stereocenters. The molecule has 0 saturated carbocycles. The summed E-state index contributed by atoms with van der Waals surface area (Å²) in [5.74, 6) is 0. The van der Waals surface area contributed by atoms with Crippen molar-refractivity contribution in [1.29, 1.82) is 0 Å². The van der Waals surface area contributed by atoms with Gasteiger partial charge in [0.15, 0.2) is 0 Å². The Labute approximate surface area is 142 Å². The van der Waals surface area contributed by atoms with E-state index in [0.717, 1.165) is 37.0 Å². The van der Waals surface area contributed by atoms with Crippen molar-refractivity contribution in [3.63, 3.8) is 0 Å². The highest BCUT2D eigenvalue weighted by Crippen LogP contribution is 2.21. The molecule has 24 heavy (non-hydrogen) atoms. The Morgan fingerprint density at radius 1 is 1.33 bits per heavy atom. The molecule has 1 atom stereocenters. The lowest BCUT2D eigenvalue weighted by molar-refractivity contribution is 0.00401. The lowest BCUT2D eigenvalue weighted by Gasteiger charge is -2.22. The average Bonchev–Trinajstić information content (AvgIpc) is 2.94. The first kappa shape index (κ1) is 17.0. The van der Waals surface area contributed by atoms with Crippen LogP contribution in [0.15, 0.2) is 35.5 Å². The molecule has 0 aliphatic carbocycles. The van der Waals surface area contributed by atoms with Crippen molar-refractivity contribution in [2.45, 2.75) is 50.7 Å². The third-order valence-electron chi connectivity index (χ3n) is 4.17. The van der Waals surface area contributed by atoms with E-state index < -0.39 is 10.0 Å². The van der Waals surface area contributed by atoms with Crippen LogP contribution in [0.2, 0.25) is 0 Å². The number of rotatable bonds is 5. The second-order valence-corrected chi connectivity index (χ2v) is 7.96. The maximum atomic E-state index is 12.6. The van der Waals surface area contributed by atoms with Gasteiger partial charge in [-0.15, -0.1) is 0 Å². The van der Waals surface area contributed by atoms with Gasteiger partial charge in [0.2, 0.25) is 0 Å². The molecule has 6 nitrogen and oxygen atoms in total. The highest BCUT2D eigenvalue weighted by molar-refractivity contribution is 7.92. The van der Waals surface area contributed by atoms with E-state index >= 15 is 0 Å². The van der Waals surface area contributed by atoms with E-state index in [2.05, 4.69) is 9.82 Å². The molecule has 0 spiro atoms. The summed E-state index contributed by atoms with van der Waals surface area (Å²) >= 11 is 0. The Morgan fingerprint density at radius 2 is 2.17 bits per heavy atom. The summed E-state index contributed by atoms with van der Waals surface area (Å²) in [5, 5.41) is 4.23. The van der Waals surface area contributed by atoms with E-state index in [1.807, 2.05) is 13.0 Å². The zero-order valence-corrected chi connectivity index (χ0v) is 14.8. The molecule has 2 aromatic rings. The second-order valence-electron chi connectivity index (χ2n) is 6.31. The number of sulfonamides is 1. The Morgan fingerprint density at radius 3 is 2.88 bits per heavy atom. The topological polar surface area (TPSA) is 73.2 Å². The molecule has 130 valence electrons. The van der Waals surface area contributed by atoms with E-state index in [1.165, 1.54) is 6.20 Å². The molecule has 1 aromatic heterocycles. The van der Waals surface area contributed by atoms with Gasteiger partial charge in [0, 0.05) is 12.8 Å². The van der Waals surface area contributed by atoms with Gasteiger partial charge in [0.1, 0.15) is 0 Å². The van der Waals surface area contributed by atoms with E-state index in [0.29, 0.717) is 12.2 Å². The fourth-order valence-electron chi connectivity index (χ4n) is 2.99. The Bertz CT molecular complexity index is 808. The molecule has 2 heterocycles. The lowest BCUT2D eigenvalue weighted by Crippen LogP contribution is -2.24. The highest BCUT2D eigenvalue weighted by atomic mass is 32.2. The van der Waals surface area contributed by atoms with Gasteiger partial charge in [0.25, 0.3) is 10.0 Å². The van der Waals surface area contributed by atoms with E-state index in [4.69, 9.17) is 4.74 Å². The van der Waals surface area contributed by atoms with Crippen LogP contribution < -0.4 is 4.72 Å².